The summed E-state index contributed by atoms with van der Waals surface area (Å²) in [6.07, 6.45) is 4.83. The van der Waals surface area contributed by atoms with Crippen LogP contribution in [0.25, 0.3) is 5.69 Å². The number of carbonyl (C=O) groups is 1. The van der Waals surface area contributed by atoms with Crippen LogP contribution in [-0.4, -0.2) is 46.3 Å². The van der Waals surface area contributed by atoms with Gasteiger partial charge in [-0.15, -0.1) is 24.8 Å². The number of carbonyl (C=O) groups excluding carboxylic acids is 1. The topological polar surface area (TPSA) is 79.2 Å². The summed E-state index contributed by atoms with van der Waals surface area (Å²) in [6.45, 7) is 1.80. The third kappa shape index (κ3) is 4.68. The van der Waals surface area contributed by atoms with Crippen molar-refractivity contribution in [1.82, 2.24) is 20.2 Å². The number of hydrogen-bond acceptors (Lipinski definition) is 4. The molecule has 0 radical (unpaired) electrons. The van der Waals surface area contributed by atoms with E-state index in [-0.39, 0.29) is 42.7 Å². The standard InChI is InChI=1S/C15H18N4O2.2ClH/c20-14-9-17-7-12(14)8-18-15(21)11-2-1-3-13(6-11)19-5-4-16-10-19;;/h1-6,10,12,14,17,20H,7-9H2,(H,18,21);2*1H. The van der Waals surface area contributed by atoms with Gasteiger partial charge < -0.3 is 20.3 Å². The van der Waals surface area contributed by atoms with Crippen LogP contribution in [-0.2, 0) is 0 Å². The van der Waals surface area contributed by atoms with Crippen LogP contribution in [0, 0.1) is 5.92 Å². The molecule has 23 heavy (non-hydrogen) atoms. The number of amides is 1. The molecule has 6 nitrogen and oxygen atoms in total. The molecule has 1 saturated heterocycles. The Bertz CT molecular complexity index is 622. The number of aliphatic hydroxyl groups is 1. The van der Waals surface area contributed by atoms with Gasteiger partial charge in [-0.1, -0.05) is 6.07 Å². The first-order valence-corrected chi connectivity index (χ1v) is 6.99. The van der Waals surface area contributed by atoms with Crippen LogP contribution >= 0.6 is 24.8 Å². The summed E-state index contributed by atoms with van der Waals surface area (Å²) in [5.74, 6) is -0.0538. The predicted molar refractivity (Wildman–Crippen MR) is 92.8 cm³/mol. The van der Waals surface area contributed by atoms with Crippen molar-refractivity contribution in [2.75, 3.05) is 19.6 Å². The summed E-state index contributed by atoms with van der Waals surface area (Å²) in [5, 5.41) is 15.7. The molecule has 1 aliphatic rings. The van der Waals surface area contributed by atoms with Crippen LogP contribution in [0.4, 0.5) is 0 Å². The number of aromatic nitrogens is 2. The highest BCUT2D eigenvalue weighted by atomic mass is 35.5. The lowest BCUT2D eigenvalue weighted by Gasteiger charge is -2.14. The largest absolute Gasteiger partial charge is 0.391 e. The van der Waals surface area contributed by atoms with Crippen molar-refractivity contribution in [3.8, 4) is 5.69 Å². The molecule has 3 rings (SSSR count). The molecule has 0 saturated carbocycles. The second-order valence-corrected chi connectivity index (χ2v) is 5.22. The second kappa shape index (κ2) is 8.88. The van der Waals surface area contributed by atoms with E-state index in [0.29, 0.717) is 18.7 Å². The quantitative estimate of drug-likeness (QED) is 0.762. The molecule has 1 aliphatic heterocycles. The Labute approximate surface area is 147 Å². The van der Waals surface area contributed by atoms with E-state index in [9.17, 15) is 9.90 Å². The molecule has 0 spiro atoms. The highest BCUT2D eigenvalue weighted by molar-refractivity contribution is 5.94. The normalized spacial score (nSPS) is 19.5. The van der Waals surface area contributed by atoms with Crippen LogP contribution < -0.4 is 10.6 Å². The Morgan fingerprint density at radius 1 is 1.39 bits per heavy atom. The minimum atomic E-state index is -0.386. The fourth-order valence-electron chi connectivity index (χ4n) is 2.47. The minimum Gasteiger partial charge on any atom is -0.391 e. The molecule has 0 bridgehead atoms. The van der Waals surface area contributed by atoms with Crippen molar-refractivity contribution in [3.63, 3.8) is 0 Å². The minimum absolute atomic E-state index is 0. The number of hydrogen-bond donors (Lipinski definition) is 3. The Balaban J connectivity index is 0.00000132. The van der Waals surface area contributed by atoms with Gasteiger partial charge in [0.15, 0.2) is 0 Å². The number of benzene rings is 1. The van der Waals surface area contributed by atoms with Gasteiger partial charge in [0, 0.05) is 49.2 Å². The zero-order chi connectivity index (χ0) is 14.7. The van der Waals surface area contributed by atoms with E-state index >= 15 is 0 Å². The van der Waals surface area contributed by atoms with Crippen molar-refractivity contribution >= 4 is 30.7 Å². The fourth-order valence-corrected chi connectivity index (χ4v) is 2.47. The average Bonchev–Trinajstić information content (AvgIpc) is 3.16. The van der Waals surface area contributed by atoms with Gasteiger partial charge in [0.25, 0.3) is 5.91 Å². The van der Waals surface area contributed by atoms with E-state index in [1.54, 1.807) is 18.6 Å². The van der Waals surface area contributed by atoms with Crippen LogP contribution in [0.1, 0.15) is 10.4 Å². The monoisotopic (exact) mass is 358 g/mol. The number of halogens is 2. The van der Waals surface area contributed by atoms with Crippen molar-refractivity contribution in [1.29, 1.82) is 0 Å². The van der Waals surface area contributed by atoms with E-state index < -0.39 is 0 Å². The Kier molecular flexibility index (Phi) is 7.51. The van der Waals surface area contributed by atoms with E-state index in [0.717, 1.165) is 12.2 Å². The number of imidazole rings is 1. The van der Waals surface area contributed by atoms with Gasteiger partial charge in [-0.3, -0.25) is 4.79 Å². The van der Waals surface area contributed by atoms with Crippen molar-refractivity contribution in [2.45, 2.75) is 6.10 Å². The average molecular weight is 359 g/mol. The van der Waals surface area contributed by atoms with Crippen LogP contribution in [0.3, 0.4) is 0 Å². The predicted octanol–water partition coefficient (Wildman–Crippen LogP) is 1.03. The van der Waals surface area contributed by atoms with Crippen LogP contribution in [0.15, 0.2) is 43.0 Å². The van der Waals surface area contributed by atoms with E-state index in [4.69, 9.17) is 0 Å². The summed E-state index contributed by atoms with van der Waals surface area (Å²) in [6, 6.07) is 7.36. The van der Waals surface area contributed by atoms with Crippen LogP contribution in [0.2, 0.25) is 0 Å². The van der Waals surface area contributed by atoms with Crippen LogP contribution in [0.5, 0.6) is 0 Å². The maximum Gasteiger partial charge on any atom is 0.251 e. The van der Waals surface area contributed by atoms with Gasteiger partial charge in [-0.25, -0.2) is 4.98 Å². The van der Waals surface area contributed by atoms with E-state index in [1.807, 2.05) is 29.0 Å². The van der Waals surface area contributed by atoms with E-state index in [1.165, 1.54) is 0 Å². The molecule has 126 valence electrons. The number of aliphatic hydroxyl groups excluding tert-OH is 1. The number of nitrogens with zero attached hydrogens (tertiary/aromatic N) is 2. The fraction of sp³-hybridized carbons (Fsp3) is 0.333. The SMILES string of the molecule is Cl.Cl.O=C(NCC1CNCC1O)c1cccc(-n2ccnc2)c1. The van der Waals surface area contributed by atoms with Gasteiger partial charge in [0.2, 0.25) is 0 Å². The molecule has 2 unspecified atom stereocenters. The summed E-state index contributed by atoms with van der Waals surface area (Å²) >= 11 is 0. The van der Waals surface area contributed by atoms with Crippen molar-refractivity contribution in [3.05, 3.63) is 48.5 Å². The molecule has 1 aromatic carbocycles. The second-order valence-electron chi connectivity index (χ2n) is 5.22. The molecule has 0 aliphatic carbocycles. The third-order valence-electron chi connectivity index (χ3n) is 3.74. The lowest BCUT2D eigenvalue weighted by atomic mass is 10.1. The van der Waals surface area contributed by atoms with Gasteiger partial charge in [-0.2, -0.15) is 0 Å². The van der Waals surface area contributed by atoms with Gasteiger partial charge >= 0.3 is 0 Å². The van der Waals surface area contributed by atoms with Gasteiger partial charge in [0.1, 0.15) is 0 Å². The third-order valence-corrected chi connectivity index (χ3v) is 3.74. The first kappa shape index (κ1) is 19.4. The Morgan fingerprint density at radius 3 is 2.87 bits per heavy atom. The number of rotatable bonds is 4. The van der Waals surface area contributed by atoms with Gasteiger partial charge in [0.05, 0.1) is 12.4 Å². The highest BCUT2D eigenvalue weighted by Gasteiger charge is 2.25. The molecular weight excluding hydrogens is 339 g/mol. The summed E-state index contributed by atoms with van der Waals surface area (Å²) in [7, 11) is 0. The number of β-amino-alcohol motifs (C(OH)–C–C–N with tert-alkyl or cyclic N) is 1. The molecule has 1 aromatic heterocycles. The highest BCUT2D eigenvalue weighted by Crippen LogP contribution is 2.11. The van der Waals surface area contributed by atoms with Crippen molar-refractivity contribution in [2.24, 2.45) is 5.92 Å². The summed E-state index contributed by atoms with van der Waals surface area (Å²) in [5.41, 5.74) is 1.49. The Morgan fingerprint density at radius 2 is 2.22 bits per heavy atom. The first-order valence-electron chi connectivity index (χ1n) is 6.99. The lowest BCUT2D eigenvalue weighted by Crippen LogP contribution is -2.34. The Hall–Kier alpha value is -1.60. The lowest BCUT2D eigenvalue weighted by molar-refractivity contribution is 0.0927. The summed E-state index contributed by atoms with van der Waals surface area (Å²) in [4.78, 5) is 16.2. The number of nitrogens with one attached hydrogen (secondary N) is 2. The zero-order valence-electron chi connectivity index (χ0n) is 12.4. The van der Waals surface area contributed by atoms with Gasteiger partial charge in [-0.05, 0) is 18.2 Å². The smallest absolute Gasteiger partial charge is 0.251 e. The molecule has 2 heterocycles. The molecule has 3 N–H and O–H groups in total. The maximum atomic E-state index is 12.2. The summed E-state index contributed by atoms with van der Waals surface area (Å²) < 4.78 is 1.85. The van der Waals surface area contributed by atoms with Crippen molar-refractivity contribution < 1.29 is 9.90 Å². The molecule has 2 atom stereocenters. The first-order chi connectivity index (χ1) is 10.2. The molecule has 1 amide bonds. The molecule has 8 heteroatoms. The molecule has 2 aromatic rings. The maximum absolute atomic E-state index is 12.2. The molecule has 1 fully saturated rings. The van der Waals surface area contributed by atoms with E-state index in [2.05, 4.69) is 15.6 Å². The molecular formula is C15H20Cl2N4O2. The zero-order valence-corrected chi connectivity index (χ0v) is 14.0.